The van der Waals surface area contributed by atoms with Crippen molar-refractivity contribution in [3.63, 3.8) is 0 Å². The molecule has 33 heavy (non-hydrogen) atoms. The summed E-state index contributed by atoms with van der Waals surface area (Å²) in [6, 6.07) is 12.0. The first-order valence-corrected chi connectivity index (χ1v) is 9.97. The SMILES string of the molecule is CC(C)c1ccc2cnncc2c1.CNC(=O)NNc1nc(C(F)(F)F)nc2ccccc12. The smallest absolute Gasteiger partial charge is 0.340 e. The van der Waals surface area contributed by atoms with Gasteiger partial charge in [0, 0.05) is 23.2 Å². The van der Waals surface area contributed by atoms with Crippen LogP contribution in [0, 0.1) is 0 Å². The first kappa shape index (κ1) is 23.6. The molecule has 2 aromatic heterocycles. The first-order valence-electron chi connectivity index (χ1n) is 9.97. The zero-order chi connectivity index (χ0) is 24.0. The highest BCUT2D eigenvalue weighted by molar-refractivity contribution is 5.89. The molecule has 2 aromatic carbocycles. The number of hydrogen-bond donors (Lipinski definition) is 3. The van der Waals surface area contributed by atoms with E-state index in [4.69, 9.17) is 0 Å². The van der Waals surface area contributed by atoms with Crippen LogP contribution in [0.25, 0.3) is 21.7 Å². The second-order valence-corrected chi connectivity index (χ2v) is 7.27. The molecule has 0 fully saturated rings. The lowest BCUT2D eigenvalue weighted by Crippen LogP contribution is -2.37. The number of nitrogens with zero attached hydrogens (tertiary/aromatic N) is 4. The number of urea groups is 1. The third-order valence-corrected chi connectivity index (χ3v) is 4.62. The maximum atomic E-state index is 12.7. The predicted octanol–water partition coefficient (Wildman–Crippen LogP) is 4.66. The molecule has 11 heteroatoms. The molecule has 0 aliphatic rings. The molecular formula is C22H22F3N7O. The van der Waals surface area contributed by atoms with Crippen molar-refractivity contribution in [2.45, 2.75) is 25.9 Å². The van der Waals surface area contributed by atoms with Gasteiger partial charge in [-0.1, -0.05) is 38.1 Å². The Balaban J connectivity index is 0.000000203. The average Bonchev–Trinajstić information content (AvgIpc) is 2.81. The number of fused-ring (bicyclic) bond motifs is 2. The number of aromatic nitrogens is 4. The number of anilines is 1. The summed E-state index contributed by atoms with van der Waals surface area (Å²) in [6.07, 6.45) is -1.08. The minimum absolute atomic E-state index is 0.121. The second-order valence-electron chi connectivity index (χ2n) is 7.27. The van der Waals surface area contributed by atoms with Gasteiger partial charge in [-0.05, 0) is 29.7 Å². The van der Waals surface area contributed by atoms with Crippen molar-refractivity contribution in [3.8, 4) is 0 Å². The lowest BCUT2D eigenvalue weighted by atomic mass is 10.0. The summed E-state index contributed by atoms with van der Waals surface area (Å²) in [5.74, 6) is -0.846. The summed E-state index contributed by atoms with van der Waals surface area (Å²) < 4.78 is 38.1. The molecule has 0 radical (unpaired) electrons. The Bertz CT molecular complexity index is 1260. The minimum atomic E-state index is -4.67. The highest BCUT2D eigenvalue weighted by Crippen LogP contribution is 2.30. The molecule has 8 nitrogen and oxygen atoms in total. The van der Waals surface area contributed by atoms with E-state index in [2.05, 4.69) is 68.4 Å². The molecule has 4 aromatic rings. The molecule has 0 saturated heterocycles. The van der Waals surface area contributed by atoms with Gasteiger partial charge in [0.1, 0.15) is 0 Å². The van der Waals surface area contributed by atoms with Gasteiger partial charge in [-0.15, -0.1) is 0 Å². The fourth-order valence-corrected chi connectivity index (χ4v) is 2.85. The number of hydrogen-bond acceptors (Lipinski definition) is 6. The summed E-state index contributed by atoms with van der Waals surface area (Å²) in [7, 11) is 1.37. The lowest BCUT2D eigenvalue weighted by Gasteiger charge is -2.12. The molecule has 3 N–H and O–H groups in total. The number of halogens is 3. The number of carbonyl (C=O) groups is 1. The van der Waals surface area contributed by atoms with E-state index >= 15 is 0 Å². The highest BCUT2D eigenvalue weighted by atomic mass is 19.4. The number of amides is 2. The van der Waals surface area contributed by atoms with Gasteiger partial charge in [-0.2, -0.15) is 23.4 Å². The van der Waals surface area contributed by atoms with Gasteiger partial charge >= 0.3 is 12.2 Å². The monoisotopic (exact) mass is 457 g/mol. The molecule has 0 saturated carbocycles. The number of benzene rings is 2. The third kappa shape index (κ3) is 6.03. The Hall–Kier alpha value is -4.02. The number of nitrogens with one attached hydrogen (secondary N) is 3. The number of hydrazine groups is 1. The molecule has 2 heterocycles. The van der Waals surface area contributed by atoms with E-state index in [1.54, 1.807) is 30.6 Å². The van der Waals surface area contributed by atoms with Crippen molar-refractivity contribution in [1.82, 2.24) is 30.9 Å². The van der Waals surface area contributed by atoms with Gasteiger partial charge in [0.25, 0.3) is 0 Å². The molecule has 2 amide bonds. The van der Waals surface area contributed by atoms with Crippen molar-refractivity contribution in [2.24, 2.45) is 0 Å². The van der Waals surface area contributed by atoms with Crippen molar-refractivity contribution in [3.05, 3.63) is 66.2 Å². The number of rotatable bonds is 3. The normalized spacial score (nSPS) is 11.1. The summed E-state index contributed by atoms with van der Waals surface area (Å²) in [4.78, 5) is 17.9. The molecule has 0 spiro atoms. The molecule has 0 atom stereocenters. The van der Waals surface area contributed by atoms with Crippen molar-refractivity contribution >= 4 is 33.5 Å². The quantitative estimate of drug-likeness (QED) is 0.387. The average molecular weight is 457 g/mol. The molecule has 172 valence electrons. The highest BCUT2D eigenvalue weighted by Gasteiger charge is 2.35. The van der Waals surface area contributed by atoms with E-state index in [0.717, 1.165) is 5.39 Å². The fourth-order valence-electron chi connectivity index (χ4n) is 2.85. The van der Waals surface area contributed by atoms with Crippen LogP contribution in [0.3, 0.4) is 0 Å². The van der Waals surface area contributed by atoms with Gasteiger partial charge < -0.3 is 5.32 Å². The minimum Gasteiger partial charge on any atom is -0.340 e. The molecular weight excluding hydrogens is 435 g/mol. The van der Waals surface area contributed by atoms with Gasteiger partial charge in [-0.3, -0.25) is 10.9 Å². The Morgan fingerprint density at radius 1 is 0.970 bits per heavy atom. The van der Waals surface area contributed by atoms with Crippen molar-refractivity contribution in [1.29, 1.82) is 0 Å². The Labute approximate surface area is 187 Å². The maximum absolute atomic E-state index is 12.7. The van der Waals surface area contributed by atoms with Crippen LogP contribution in [0.1, 0.15) is 31.2 Å². The Kier molecular flexibility index (Phi) is 7.21. The zero-order valence-corrected chi connectivity index (χ0v) is 18.1. The van der Waals surface area contributed by atoms with Crippen LogP contribution in [-0.4, -0.2) is 33.2 Å². The standard InChI is InChI=1S/C11H10F3N5O.C11H12N2/c1-15-10(20)19-18-8-6-4-2-3-5-7(6)16-9(17-8)11(12,13)14;1-8(2)9-3-4-10-6-12-13-7-11(10)5-9/h2-5H,1H3,(H2,15,19,20)(H,16,17,18);3-8H,1-2H3. The van der Waals surface area contributed by atoms with E-state index in [0.29, 0.717) is 11.3 Å². The maximum Gasteiger partial charge on any atom is 0.451 e. The molecule has 0 bridgehead atoms. The number of carbonyl (C=O) groups excluding carboxylic acids is 1. The number of alkyl halides is 3. The predicted molar refractivity (Wildman–Crippen MR) is 119 cm³/mol. The van der Waals surface area contributed by atoms with Crippen LogP contribution in [0.15, 0.2) is 54.9 Å². The summed E-state index contributed by atoms with van der Waals surface area (Å²) in [5.41, 5.74) is 5.97. The van der Waals surface area contributed by atoms with E-state index in [1.165, 1.54) is 24.1 Å². The first-order chi connectivity index (χ1) is 15.7. The van der Waals surface area contributed by atoms with Crippen LogP contribution >= 0.6 is 0 Å². The second kappa shape index (κ2) is 10.1. The van der Waals surface area contributed by atoms with E-state index < -0.39 is 18.0 Å². The topological polar surface area (TPSA) is 105 Å². The van der Waals surface area contributed by atoms with E-state index in [-0.39, 0.29) is 11.3 Å². The van der Waals surface area contributed by atoms with Gasteiger partial charge in [0.15, 0.2) is 5.82 Å². The molecule has 0 aliphatic heterocycles. The van der Waals surface area contributed by atoms with Gasteiger partial charge in [0.2, 0.25) is 5.82 Å². The molecule has 0 unspecified atom stereocenters. The largest absolute Gasteiger partial charge is 0.451 e. The fraction of sp³-hybridized carbons (Fsp3) is 0.227. The third-order valence-electron chi connectivity index (χ3n) is 4.62. The zero-order valence-electron chi connectivity index (χ0n) is 18.1. The van der Waals surface area contributed by atoms with Crippen LogP contribution in [-0.2, 0) is 6.18 Å². The summed E-state index contributed by atoms with van der Waals surface area (Å²) >= 11 is 0. The Morgan fingerprint density at radius 3 is 2.33 bits per heavy atom. The number of para-hydroxylation sites is 1. The van der Waals surface area contributed by atoms with Crippen LogP contribution < -0.4 is 16.2 Å². The van der Waals surface area contributed by atoms with Crippen LogP contribution in [0.5, 0.6) is 0 Å². The van der Waals surface area contributed by atoms with E-state index in [1.807, 2.05) is 0 Å². The van der Waals surface area contributed by atoms with Crippen molar-refractivity contribution < 1.29 is 18.0 Å². The Morgan fingerprint density at radius 2 is 1.67 bits per heavy atom. The lowest BCUT2D eigenvalue weighted by molar-refractivity contribution is -0.144. The molecule has 0 aliphatic carbocycles. The van der Waals surface area contributed by atoms with Crippen LogP contribution in [0.4, 0.5) is 23.8 Å². The van der Waals surface area contributed by atoms with Gasteiger partial charge in [0.05, 0.1) is 17.9 Å². The van der Waals surface area contributed by atoms with E-state index in [9.17, 15) is 18.0 Å². The summed E-state index contributed by atoms with van der Waals surface area (Å²) in [6.45, 7) is 4.38. The van der Waals surface area contributed by atoms with Crippen molar-refractivity contribution in [2.75, 3.05) is 12.5 Å². The molecule has 4 rings (SSSR count). The van der Waals surface area contributed by atoms with Gasteiger partial charge in [-0.25, -0.2) is 14.8 Å². The summed E-state index contributed by atoms with van der Waals surface area (Å²) in [5, 5.41) is 12.6. The van der Waals surface area contributed by atoms with Crippen LogP contribution in [0.2, 0.25) is 0 Å².